The van der Waals surface area contributed by atoms with Gasteiger partial charge < -0.3 is 0 Å². The highest BCUT2D eigenvalue weighted by atomic mass is 35.5. The summed E-state index contributed by atoms with van der Waals surface area (Å²) in [6.07, 6.45) is 1.62. The van der Waals surface area contributed by atoms with Crippen LogP contribution in [0.15, 0.2) is 71.8 Å². The van der Waals surface area contributed by atoms with E-state index in [4.69, 9.17) is 11.6 Å². The van der Waals surface area contributed by atoms with Crippen LogP contribution in [-0.4, -0.2) is 9.55 Å². The molecule has 0 saturated carbocycles. The summed E-state index contributed by atoms with van der Waals surface area (Å²) in [5.74, 6) is 0. The number of fused-ring (bicyclic) bond motifs is 1. The first-order chi connectivity index (χ1) is 11.7. The zero-order valence-corrected chi connectivity index (χ0v) is 14.2. The average molecular weight is 353 g/mol. The monoisotopic (exact) mass is 352 g/mol. The van der Waals surface area contributed by atoms with E-state index in [0.29, 0.717) is 16.3 Å². The minimum atomic E-state index is -0.00549. The molecule has 24 heavy (non-hydrogen) atoms. The van der Waals surface area contributed by atoms with Gasteiger partial charge in [0.1, 0.15) is 4.70 Å². The fourth-order valence-corrected chi connectivity index (χ4v) is 3.79. The molecule has 0 fully saturated rings. The molecule has 0 saturated heterocycles. The molecule has 4 rings (SSSR count). The molecule has 5 heteroatoms. The molecular formula is C19H13ClN2OS. The van der Waals surface area contributed by atoms with Crippen molar-refractivity contribution in [3.05, 3.63) is 87.9 Å². The summed E-state index contributed by atoms with van der Waals surface area (Å²) in [6, 6.07) is 19.5. The van der Waals surface area contributed by atoms with Crippen molar-refractivity contribution < 1.29 is 0 Å². The molecule has 2 heterocycles. The number of rotatable bonds is 3. The average Bonchev–Trinajstić information content (AvgIpc) is 3.04. The van der Waals surface area contributed by atoms with E-state index in [1.165, 1.54) is 11.3 Å². The Morgan fingerprint density at radius 3 is 2.54 bits per heavy atom. The third-order valence-corrected chi connectivity index (χ3v) is 5.24. The molecule has 0 aliphatic heterocycles. The molecule has 0 radical (unpaired) electrons. The maximum absolute atomic E-state index is 12.7. The molecule has 0 unspecified atom stereocenters. The minimum absolute atomic E-state index is 0.00549. The number of thiophene rings is 1. The van der Waals surface area contributed by atoms with Crippen LogP contribution in [-0.2, 0) is 6.54 Å². The lowest BCUT2D eigenvalue weighted by Crippen LogP contribution is -2.20. The number of aromatic nitrogens is 2. The van der Waals surface area contributed by atoms with Gasteiger partial charge in [-0.3, -0.25) is 9.36 Å². The maximum atomic E-state index is 12.7. The van der Waals surface area contributed by atoms with Gasteiger partial charge in [0.05, 0.1) is 18.4 Å². The summed E-state index contributed by atoms with van der Waals surface area (Å²) in [4.78, 5) is 18.2. The van der Waals surface area contributed by atoms with Crippen molar-refractivity contribution in [3.63, 3.8) is 0 Å². The Hall–Kier alpha value is -2.43. The third kappa shape index (κ3) is 2.86. The molecule has 2 aromatic heterocycles. The Balaban J connectivity index is 1.76. The van der Waals surface area contributed by atoms with E-state index in [-0.39, 0.29) is 5.56 Å². The first-order valence-electron chi connectivity index (χ1n) is 7.49. The number of benzene rings is 2. The van der Waals surface area contributed by atoms with Crippen molar-refractivity contribution in [1.82, 2.24) is 9.55 Å². The van der Waals surface area contributed by atoms with E-state index in [1.54, 1.807) is 10.9 Å². The second-order valence-electron chi connectivity index (χ2n) is 5.50. The predicted molar refractivity (Wildman–Crippen MR) is 99.9 cm³/mol. The standard InChI is InChI=1S/C19H13ClN2OS/c20-15-8-6-14(7-9-15)17-10-16-18(24-17)19(23)22(12-21-16)11-13-4-2-1-3-5-13/h1-10,12H,11H2. The Morgan fingerprint density at radius 2 is 1.79 bits per heavy atom. The Bertz CT molecular complexity index is 1050. The maximum Gasteiger partial charge on any atom is 0.271 e. The SMILES string of the molecule is O=c1c2sc(-c3ccc(Cl)cc3)cc2ncn1Cc1ccccc1. The fourth-order valence-electron chi connectivity index (χ4n) is 2.59. The van der Waals surface area contributed by atoms with Crippen LogP contribution >= 0.6 is 22.9 Å². The van der Waals surface area contributed by atoms with E-state index >= 15 is 0 Å². The minimum Gasteiger partial charge on any atom is -0.294 e. The van der Waals surface area contributed by atoms with Gasteiger partial charge in [0.25, 0.3) is 5.56 Å². The zero-order valence-electron chi connectivity index (χ0n) is 12.6. The van der Waals surface area contributed by atoms with E-state index in [2.05, 4.69) is 4.98 Å². The summed E-state index contributed by atoms with van der Waals surface area (Å²) < 4.78 is 2.33. The molecule has 0 amide bonds. The fraction of sp³-hybridized carbons (Fsp3) is 0.0526. The number of nitrogens with zero attached hydrogens (tertiary/aromatic N) is 2. The van der Waals surface area contributed by atoms with Crippen LogP contribution in [0.5, 0.6) is 0 Å². The molecule has 4 aromatic rings. The largest absolute Gasteiger partial charge is 0.294 e. The van der Waals surface area contributed by atoms with Crippen LogP contribution in [0, 0.1) is 0 Å². The van der Waals surface area contributed by atoms with Crippen molar-refractivity contribution >= 4 is 33.2 Å². The van der Waals surface area contributed by atoms with Gasteiger partial charge in [-0.2, -0.15) is 0 Å². The van der Waals surface area contributed by atoms with Crippen LogP contribution < -0.4 is 5.56 Å². The van der Waals surface area contributed by atoms with Crippen molar-refractivity contribution in [3.8, 4) is 10.4 Å². The highest BCUT2D eigenvalue weighted by Gasteiger charge is 2.10. The van der Waals surface area contributed by atoms with Crippen molar-refractivity contribution in [2.24, 2.45) is 0 Å². The van der Waals surface area contributed by atoms with E-state index in [9.17, 15) is 4.79 Å². The molecule has 2 aromatic carbocycles. The second kappa shape index (κ2) is 6.23. The summed E-state index contributed by atoms with van der Waals surface area (Å²) in [6.45, 7) is 0.525. The molecule has 0 bridgehead atoms. The molecule has 118 valence electrons. The molecule has 0 N–H and O–H groups in total. The smallest absolute Gasteiger partial charge is 0.271 e. The van der Waals surface area contributed by atoms with Crippen molar-refractivity contribution in [2.75, 3.05) is 0 Å². The Morgan fingerprint density at radius 1 is 1.04 bits per heavy atom. The van der Waals surface area contributed by atoms with Crippen LogP contribution in [0.1, 0.15) is 5.56 Å². The van der Waals surface area contributed by atoms with E-state index in [1.807, 2.05) is 60.7 Å². The molecule has 3 nitrogen and oxygen atoms in total. The van der Waals surface area contributed by atoms with Gasteiger partial charge in [-0.15, -0.1) is 11.3 Å². The van der Waals surface area contributed by atoms with Gasteiger partial charge in [0, 0.05) is 9.90 Å². The number of halogens is 1. The summed E-state index contributed by atoms with van der Waals surface area (Å²) >= 11 is 7.41. The van der Waals surface area contributed by atoms with Crippen LogP contribution in [0.4, 0.5) is 0 Å². The van der Waals surface area contributed by atoms with Gasteiger partial charge >= 0.3 is 0 Å². The molecule has 0 aliphatic carbocycles. The van der Waals surface area contributed by atoms with Crippen LogP contribution in [0.25, 0.3) is 20.7 Å². The number of hydrogen-bond acceptors (Lipinski definition) is 3. The lowest BCUT2D eigenvalue weighted by molar-refractivity contribution is 0.750. The predicted octanol–water partition coefficient (Wildman–Crippen LogP) is 4.83. The van der Waals surface area contributed by atoms with Gasteiger partial charge in [-0.1, -0.05) is 54.1 Å². The van der Waals surface area contributed by atoms with Crippen molar-refractivity contribution in [1.29, 1.82) is 0 Å². The highest BCUT2D eigenvalue weighted by Crippen LogP contribution is 2.31. The normalized spacial score (nSPS) is 11.0. The molecule has 0 spiro atoms. The summed E-state index contributed by atoms with van der Waals surface area (Å²) in [5, 5.41) is 0.697. The van der Waals surface area contributed by atoms with Gasteiger partial charge in [0.2, 0.25) is 0 Å². The number of hydrogen-bond donors (Lipinski definition) is 0. The zero-order chi connectivity index (χ0) is 16.5. The third-order valence-electron chi connectivity index (χ3n) is 3.83. The molecule has 0 aliphatic rings. The van der Waals surface area contributed by atoms with Gasteiger partial charge in [-0.05, 0) is 29.3 Å². The Labute approximate surface area is 147 Å². The second-order valence-corrected chi connectivity index (χ2v) is 6.98. The van der Waals surface area contributed by atoms with Crippen molar-refractivity contribution in [2.45, 2.75) is 6.54 Å². The summed E-state index contributed by atoms with van der Waals surface area (Å²) in [5.41, 5.74) is 2.85. The Kier molecular flexibility index (Phi) is 3.92. The van der Waals surface area contributed by atoms with Crippen LogP contribution in [0.2, 0.25) is 5.02 Å². The van der Waals surface area contributed by atoms with Gasteiger partial charge in [-0.25, -0.2) is 4.98 Å². The van der Waals surface area contributed by atoms with Crippen LogP contribution in [0.3, 0.4) is 0 Å². The molecule has 0 atom stereocenters. The highest BCUT2D eigenvalue weighted by molar-refractivity contribution is 7.22. The topological polar surface area (TPSA) is 34.9 Å². The lowest BCUT2D eigenvalue weighted by Gasteiger charge is -2.04. The molecular weight excluding hydrogens is 340 g/mol. The summed E-state index contributed by atoms with van der Waals surface area (Å²) in [7, 11) is 0. The first-order valence-corrected chi connectivity index (χ1v) is 8.69. The first kappa shape index (κ1) is 15.1. The lowest BCUT2D eigenvalue weighted by atomic mass is 10.2. The van der Waals surface area contributed by atoms with E-state index in [0.717, 1.165) is 21.5 Å². The quantitative estimate of drug-likeness (QED) is 0.529. The van der Waals surface area contributed by atoms with Gasteiger partial charge in [0.15, 0.2) is 0 Å². The van der Waals surface area contributed by atoms with E-state index < -0.39 is 0 Å².